The summed E-state index contributed by atoms with van der Waals surface area (Å²) in [5, 5.41) is 0. The van der Waals surface area contributed by atoms with Gasteiger partial charge in [-0.25, -0.2) is 4.98 Å². The quantitative estimate of drug-likeness (QED) is 0.583. The van der Waals surface area contributed by atoms with Crippen LogP contribution in [0.4, 0.5) is 13.2 Å². The number of imidazole rings is 1. The van der Waals surface area contributed by atoms with Crippen LogP contribution in [0.25, 0.3) is 16.7 Å². The third-order valence-corrected chi connectivity index (χ3v) is 2.64. The number of halogens is 3. The van der Waals surface area contributed by atoms with E-state index in [1.807, 2.05) is 0 Å². The van der Waals surface area contributed by atoms with Gasteiger partial charge in [0.1, 0.15) is 5.65 Å². The first-order valence-corrected chi connectivity index (χ1v) is 5.00. The van der Waals surface area contributed by atoms with Crippen molar-refractivity contribution in [3.63, 3.8) is 0 Å². The molecule has 0 amide bonds. The summed E-state index contributed by atoms with van der Waals surface area (Å²) in [5.74, 6) is 0. The topological polar surface area (TPSA) is 17.3 Å². The normalized spacial score (nSPS) is 12.4. The van der Waals surface area contributed by atoms with E-state index in [0.717, 1.165) is 12.1 Å². The van der Waals surface area contributed by atoms with E-state index >= 15 is 0 Å². The van der Waals surface area contributed by atoms with Gasteiger partial charge in [0.15, 0.2) is 0 Å². The third kappa shape index (κ3) is 1.54. The largest absolute Gasteiger partial charge is 0.416 e. The number of pyridine rings is 1. The first-order chi connectivity index (χ1) is 8.05. The Morgan fingerprint density at radius 2 is 1.88 bits per heavy atom. The summed E-state index contributed by atoms with van der Waals surface area (Å²) >= 11 is 0. The summed E-state index contributed by atoms with van der Waals surface area (Å²) in [6, 6.07) is 8.88. The fraction of sp³-hybridized carbons (Fsp3) is 0.0833. The zero-order chi connectivity index (χ0) is 12.0. The van der Waals surface area contributed by atoms with Gasteiger partial charge in [-0.3, -0.25) is 4.40 Å². The summed E-state index contributed by atoms with van der Waals surface area (Å²) in [5.41, 5.74) is 1.01. The molecular formula is C12H7F3N2. The molecule has 0 aliphatic carbocycles. The molecule has 0 aliphatic heterocycles. The molecule has 0 fully saturated rings. The molecule has 0 aliphatic rings. The maximum atomic E-state index is 12.6. The average Bonchev–Trinajstić information content (AvgIpc) is 2.65. The molecule has 0 bridgehead atoms. The lowest BCUT2D eigenvalue weighted by molar-refractivity contribution is -0.137. The van der Waals surface area contributed by atoms with Gasteiger partial charge in [-0.2, -0.15) is 13.2 Å². The highest BCUT2D eigenvalue weighted by Crippen LogP contribution is 2.31. The van der Waals surface area contributed by atoms with Crippen molar-refractivity contribution in [2.75, 3.05) is 0 Å². The van der Waals surface area contributed by atoms with Crippen molar-refractivity contribution < 1.29 is 13.2 Å². The fourth-order valence-electron chi connectivity index (χ4n) is 1.84. The molecule has 86 valence electrons. The molecule has 0 atom stereocenters. The highest BCUT2D eigenvalue weighted by Gasteiger charge is 2.30. The monoisotopic (exact) mass is 236 g/mol. The minimum Gasteiger partial charge on any atom is -0.300 e. The van der Waals surface area contributed by atoms with Gasteiger partial charge in [0.25, 0.3) is 0 Å². The van der Waals surface area contributed by atoms with Crippen LogP contribution in [0.15, 0.2) is 42.6 Å². The minimum atomic E-state index is -4.33. The standard InChI is InChI=1S/C12H7F3N2/c13-12(14,15)8-4-5-9-10(7-8)17-6-2-1-3-11(17)16-9/h1-7H. The zero-order valence-electron chi connectivity index (χ0n) is 8.57. The van der Waals surface area contributed by atoms with E-state index in [1.54, 1.807) is 28.8 Å². The first-order valence-electron chi connectivity index (χ1n) is 5.00. The van der Waals surface area contributed by atoms with Crippen molar-refractivity contribution in [1.29, 1.82) is 0 Å². The molecule has 0 N–H and O–H groups in total. The van der Waals surface area contributed by atoms with Gasteiger partial charge in [-0.05, 0) is 30.3 Å². The van der Waals surface area contributed by atoms with Crippen LogP contribution in [0, 0.1) is 0 Å². The molecule has 0 radical (unpaired) electrons. The van der Waals surface area contributed by atoms with Crippen molar-refractivity contribution in [2.45, 2.75) is 6.18 Å². The van der Waals surface area contributed by atoms with Crippen LogP contribution < -0.4 is 0 Å². The number of alkyl halides is 3. The van der Waals surface area contributed by atoms with E-state index in [9.17, 15) is 13.2 Å². The first kappa shape index (κ1) is 10.1. The van der Waals surface area contributed by atoms with E-state index in [1.165, 1.54) is 6.07 Å². The fourth-order valence-corrected chi connectivity index (χ4v) is 1.84. The van der Waals surface area contributed by atoms with Crippen LogP contribution in [-0.4, -0.2) is 9.38 Å². The summed E-state index contributed by atoms with van der Waals surface area (Å²) in [4.78, 5) is 4.23. The van der Waals surface area contributed by atoms with Gasteiger partial charge in [0.05, 0.1) is 16.6 Å². The second-order valence-corrected chi connectivity index (χ2v) is 3.74. The molecule has 3 aromatic rings. The smallest absolute Gasteiger partial charge is 0.300 e. The van der Waals surface area contributed by atoms with Crippen LogP contribution in [0.1, 0.15) is 5.56 Å². The van der Waals surface area contributed by atoms with Crippen molar-refractivity contribution in [2.24, 2.45) is 0 Å². The highest BCUT2D eigenvalue weighted by atomic mass is 19.4. The van der Waals surface area contributed by atoms with Gasteiger partial charge in [-0.15, -0.1) is 0 Å². The molecule has 3 rings (SSSR count). The number of aromatic nitrogens is 2. The molecule has 1 aromatic carbocycles. The van der Waals surface area contributed by atoms with Crippen LogP contribution in [0.5, 0.6) is 0 Å². The predicted molar refractivity (Wildman–Crippen MR) is 57.7 cm³/mol. The predicted octanol–water partition coefficient (Wildman–Crippen LogP) is 3.51. The molecule has 2 aromatic heterocycles. The number of rotatable bonds is 0. The van der Waals surface area contributed by atoms with Crippen molar-refractivity contribution in [1.82, 2.24) is 9.38 Å². The number of hydrogen-bond donors (Lipinski definition) is 0. The van der Waals surface area contributed by atoms with Crippen molar-refractivity contribution in [3.05, 3.63) is 48.2 Å². The molecule has 0 saturated heterocycles. The molecule has 0 spiro atoms. The summed E-state index contributed by atoms with van der Waals surface area (Å²) in [6.45, 7) is 0. The van der Waals surface area contributed by atoms with Crippen LogP contribution in [0.3, 0.4) is 0 Å². The third-order valence-electron chi connectivity index (χ3n) is 2.64. The lowest BCUT2D eigenvalue weighted by Crippen LogP contribution is -2.04. The number of hydrogen-bond acceptors (Lipinski definition) is 1. The lowest BCUT2D eigenvalue weighted by atomic mass is 10.2. The SMILES string of the molecule is FC(F)(F)c1ccc2nc3ccccn3c2c1. The van der Waals surface area contributed by atoms with Crippen LogP contribution in [-0.2, 0) is 6.18 Å². The van der Waals surface area contributed by atoms with Gasteiger partial charge in [-0.1, -0.05) is 6.07 Å². The molecule has 0 unspecified atom stereocenters. The van der Waals surface area contributed by atoms with Gasteiger partial charge in [0.2, 0.25) is 0 Å². The zero-order valence-corrected chi connectivity index (χ0v) is 8.57. The van der Waals surface area contributed by atoms with Crippen LogP contribution in [0.2, 0.25) is 0 Å². The molecule has 2 nitrogen and oxygen atoms in total. The Bertz CT molecular complexity index is 698. The van der Waals surface area contributed by atoms with Gasteiger partial charge >= 0.3 is 6.18 Å². The molecular weight excluding hydrogens is 229 g/mol. The molecule has 0 saturated carbocycles. The van der Waals surface area contributed by atoms with E-state index in [0.29, 0.717) is 16.7 Å². The maximum absolute atomic E-state index is 12.6. The summed E-state index contributed by atoms with van der Waals surface area (Å²) in [7, 11) is 0. The Hall–Kier alpha value is -2.04. The van der Waals surface area contributed by atoms with Crippen LogP contribution >= 0.6 is 0 Å². The van der Waals surface area contributed by atoms with E-state index in [4.69, 9.17) is 0 Å². The van der Waals surface area contributed by atoms with Crippen molar-refractivity contribution >= 4 is 16.7 Å². The second-order valence-electron chi connectivity index (χ2n) is 3.74. The van der Waals surface area contributed by atoms with Gasteiger partial charge < -0.3 is 0 Å². The highest BCUT2D eigenvalue weighted by molar-refractivity contribution is 5.81. The summed E-state index contributed by atoms with van der Waals surface area (Å²) < 4.78 is 39.4. The molecule has 17 heavy (non-hydrogen) atoms. The number of fused-ring (bicyclic) bond motifs is 3. The second kappa shape index (κ2) is 3.23. The average molecular weight is 236 g/mol. The Kier molecular flexibility index (Phi) is 1.92. The van der Waals surface area contributed by atoms with Gasteiger partial charge in [0, 0.05) is 6.20 Å². The molecule has 5 heteroatoms. The van der Waals surface area contributed by atoms with E-state index in [-0.39, 0.29) is 0 Å². The number of benzene rings is 1. The Balaban J connectivity index is 2.38. The molecule has 2 heterocycles. The maximum Gasteiger partial charge on any atom is 0.416 e. The summed E-state index contributed by atoms with van der Waals surface area (Å²) in [6.07, 6.45) is -2.63. The van der Waals surface area contributed by atoms with E-state index < -0.39 is 11.7 Å². The Labute approximate surface area is 94.3 Å². The number of nitrogens with zero attached hydrogens (tertiary/aromatic N) is 2. The lowest BCUT2D eigenvalue weighted by Gasteiger charge is -2.05. The minimum absolute atomic E-state index is 0.468. The van der Waals surface area contributed by atoms with E-state index in [2.05, 4.69) is 4.98 Å². The Morgan fingerprint density at radius 1 is 1.06 bits per heavy atom. The Morgan fingerprint density at radius 3 is 2.65 bits per heavy atom. The van der Waals surface area contributed by atoms with Crippen molar-refractivity contribution in [3.8, 4) is 0 Å².